The lowest BCUT2D eigenvalue weighted by atomic mass is 10.0. The quantitative estimate of drug-likeness (QED) is 0.627. The highest BCUT2D eigenvalue weighted by atomic mass is 79.9. The van der Waals surface area contributed by atoms with E-state index in [2.05, 4.69) is 43.7 Å². The summed E-state index contributed by atoms with van der Waals surface area (Å²) in [5.41, 5.74) is 7.34. The molecule has 2 aromatic rings. The number of hydrogen-bond acceptors (Lipinski definition) is 5. The van der Waals surface area contributed by atoms with Crippen molar-refractivity contribution in [3.8, 4) is 0 Å². The molecule has 0 aliphatic heterocycles. The molecule has 0 amide bonds. The summed E-state index contributed by atoms with van der Waals surface area (Å²) in [6.45, 7) is 4.12. The Morgan fingerprint density at radius 3 is 2.45 bits per heavy atom. The highest BCUT2D eigenvalue weighted by Gasteiger charge is 2.20. The fourth-order valence-corrected chi connectivity index (χ4v) is 3.08. The number of nitrogens with two attached hydrogens (primary N) is 1. The third-order valence-electron chi connectivity index (χ3n) is 3.70. The molecule has 0 aliphatic rings. The van der Waals surface area contributed by atoms with Gasteiger partial charge < -0.3 is 0 Å². The average Bonchev–Trinajstić information content (AvgIpc) is 2.85. The zero-order valence-electron chi connectivity index (χ0n) is 12.2. The first-order valence-electron chi connectivity index (χ1n) is 6.46. The minimum absolute atomic E-state index is 0.0108. The first kappa shape index (κ1) is 15.1. The largest absolute Gasteiger partial charge is 0.272 e. The number of hydrogen-bond donors (Lipinski definition) is 2. The molecule has 0 spiro atoms. The van der Waals surface area contributed by atoms with E-state index < -0.39 is 0 Å². The second kappa shape index (κ2) is 6.02. The molecular formula is C12H20BrN7. The molecule has 1 atom stereocenters. The Morgan fingerprint density at radius 2 is 2.00 bits per heavy atom. The van der Waals surface area contributed by atoms with Crippen molar-refractivity contribution >= 4 is 15.9 Å². The molecule has 2 heterocycles. The fourth-order valence-electron chi connectivity index (χ4n) is 2.48. The maximum Gasteiger partial charge on any atom is 0.153 e. The molecule has 3 N–H and O–H groups in total. The van der Waals surface area contributed by atoms with Crippen LogP contribution >= 0.6 is 15.9 Å². The Hall–Kier alpha value is -1.25. The summed E-state index contributed by atoms with van der Waals surface area (Å²) < 4.78 is 4.37. The van der Waals surface area contributed by atoms with Gasteiger partial charge in [0.25, 0.3) is 0 Å². The molecule has 0 aromatic carbocycles. The fraction of sp³-hybridized carbons (Fsp3) is 0.583. The number of hydrazine groups is 1. The van der Waals surface area contributed by atoms with Crippen molar-refractivity contribution in [2.24, 2.45) is 19.9 Å². The Balaban J connectivity index is 2.16. The van der Waals surface area contributed by atoms with Gasteiger partial charge in [0.1, 0.15) is 0 Å². The van der Waals surface area contributed by atoms with Gasteiger partial charge >= 0.3 is 0 Å². The molecule has 0 aliphatic carbocycles. The third kappa shape index (κ3) is 2.77. The van der Waals surface area contributed by atoms with E-state index in [1.807, 2.05) is 25.7 Å². The predicted octanol–water partition coefficient (Wildman–Crippen LogP) is 1.07. The van der Waals surface area contributed by atoms with Crippen LogP contribution in [0.1, 0.15) is 35.1 Å². The van der Waals surface area contributed by atoms with Crippen LogP contribution in [0.25, 0.3) is 0 Å². The van der Waals surface area contributed by atoms with Crippen LogP contribution in [0.3, 0.4) is 0 Å². The SMILES string of the molecule is Cc1nn(C)c(C)c1CCC(NN)c1c(Br)nnn1C. The van der Waals surface area contributed by atoms with E-state index in [4.69, 9.17) is 5.84 Å². The van der Waals surface area contributed by atoms with Gasteiger partial charge in [-0.05, 0) is 48.2 Å². The molecule has 0 saturated heterocycles. The number of halogens is 1. The van der Waals surface area contributed by atoms with Gasteiger partial charge in [0.2, 0.25) is 0 Å². The van der Waals surface area contributed by atoms with Crippen molar-refractivity contribution in [2.45, 2.75) is 32.7 Å². The van der Waals surface area contributed by atoms with Gasteiger partial charge in [0, 0.05) is 19.8 Å². The lowest BCUT2D eigenvalue weighted by molar-refractivity contribution is 0.477. The summed E-state index contributed by atoms with van der Waals surface area (Å²) in [5.74, 6) is 5.69. The number of aryl methyl sites for hydroxylation is 3. The highest BCUT2D eigenvalue weighted by molar-refractivity contribution is 9.10. The van der Waals surface area contributed by atoms with Crippen LogP contribution in [0, 0.1) is 13.8 Å². The van der Waals surface area contributed by atoms with Crippen LogP contribution in [-0.4, -0.2) is 24.8 Å². The molecule has 8 heteroatoms. The van der Waals surface area contributed by atoms with Gasteiger partial charge in [-0.25, -0.2) is 4.68 Å². The normalized spacial score (nSPS) is 12.9. The Morgan fingerprint density at radius 1 is 1.30 bits per heavy atom. The summed E-state index contributed by atoms with van der Waals surface area (Å²) in [6.07, 6.45) is 1.75. The summed E-state index contributed by atoms with van der Waals surface area (Å²) >= 11 is 3.41. The lowest BCUT2D eigenvalue weighted by Crippen LogP contribution is -2.30. The van der Waals surface area contributed by atoms with Crippen molar-refractivity contribution in [1.29, 1.82) is 0 Å². The van der Waals surface area contributed by atoms with Crippen molar-refractivity contribution < 1.29 is 0 Å². The van der Waals surface area contributed by atoms with Crippen molar-refractivity contribution in [3.63, 3.8) is 0 Å². The monoisotopic (exact) mass is 341 g/mol. The van der Waals surface area contributed by atoms with E-state index in [-0.39, 0.29) is 6.04 Å². The number of rotatable bonds is 5. The molecule has 0 saturated carbocycles. The Kier molecular flexibility index (Phi) is 4.56. The topological polar surface area (TPSA) is 86.6 Å². The van der Waals surface area contributed by atoms with Gasteiger partial charge in [0.05, 0.1) is 17.4 Å². The van der Waals surface area contributed by atoms with Gasteiger partial charge in [0.15, 0.2) is 4.60 Å². The van der Waals surface area contributed by atoms with E-state index in [0.29, 0.717) is 0 Å². The Labute approximate surface area is 126 Å². The minimum Gasteiger partial charge on any atom is -0.272 e. The standard InChI is InChI=1S/C12H20BrN7/c1-7-9(8(2)19(3)17-7)5-6-10(15-14)11-12(13)16-18-20(11)4/h10,15H,5-6,14H2,1-4H3. The summed E-state index contributed by atoms with van der Waals surface area (Å²) in [5, 5.41) is 12.4. The molecule has 7 nitrogen and oxygen atoms in total. The lowest BCUT2D eigenvalue weighted by Gasteiger charge is -2.16. The first-order chi connectivity index (χ1) is 9.45. The highest BCUT2D eigenvalue weighted by Crippen LogP contribution is 2.25. The van der Waals surface area contributed by atoms with E-state index in [0.717, 1.165) is 28.8 Å². The molecule has 2 rings (SSSR count). The number of nitrogens with zero attached hydrogens (tertiary/aromatic N) is 5. The molecule has 110 valence electrons. The maximum absolute atomic E-state index is 5.69. The molecule has 1 unspecified atom stereocenters. The molecule has 20 heavy (non-hydrogen) atoms. The van der Waals surface area contributed by atoms with Crippen LogP contribution in [0.2, 0.25) is 0 Å². The zero-order valence-corrected chi connectivity index (χ0v) is 13.8. The number of aromatic nitrogens is 5. The summed E-state index contributed by atoms with van der Waals surface area (Å²) in [7, 11) is 3.82. The van der Waals surface area contributed by atoms with Gasteiger partial charge in [-0.15, -0.1) is 5.10 Å². The molecule has 0 bridgehead atoms. The Bertz CT molecular complexity index is 582. The average molecular weight is 342 g/mol. The van der Waals surface area contributed by atoms with Crippen LogP contribution in [0.5, 0.6) is 0 Å². The van der Waals surface area contributed by atoms with Crippen molar-refractivity contribution in [2.75, 3.05) is 0 Å². The van der Waals surface area contributed by atoms with Gasteiger partial charge in [-0.1, -0.05) is 5.21 Å². The molecule has 0 fully saturated rings. The van der Waals surface area contributed by atoms with E-state index >= 15 is 0 Å². The van der Waals surface area contributed by atoms with E-state index in [1.165, 1.54) is 11.3 Å². The van der Waals surface area contributed by atoms with E-state index in [9.17, 15) is 0 Å². The van der Waals surface area contributed by atoms with Gasteiger partial charge in [-0.3, -0.25) is 16.0 Å². The van der Waals surface area contributed by atoms with Crippen LogP contribution in [0.15, 0.2) is 4.60 Å². The predicted molar refractivity (Wildman–Crippen MR) is 79.8 cm³/mol. The summed E-state index contributed by atoms with van der Waals surface area (Å²) in [4.78, 5) is 0. The van der Waals surface area contributed by atoms with Gasteiger partial charge in [-0.2, -0.15) is 5.10 Å². The molecule has 0 radical (unpaired) electrons. The second-order valence-corrected chi connectivity index (χ2v) is 5.67. The van der Waals surface area contributed by atoms with Crippen LogP contribution in [-0.2, 0) is 20.5 Å². The van der Waals surface area contributed by atoms with Crippen molar-refractivity contribution in [1.82, 2.24) is 30.2 Å². The third-order valence-corrected chi connectivity index (χ3v) is 4.26. The zero-order chi connectivity index (χ0) is 14.9. The molecule has 2 aromatic heterocycles. The smallest absolute Gasteiger partial charge is 0.153 e. The van der Waals surface area contributed by atoms with E-state index in [1.54, 1.807) is 4.68 Å². The summed E-state index contributed by atoms with van der Waals surface area (Å²) in [6, 6.07) is -0.0108. The minimum atomic E-state index is -0.0108. The number of nitrogens with one attached hydrogen (secondary N) is 1. The van der Waals surface area contributed by atoms with Crippen LogP contribution in [0.4, 0.5) is 0 Å². The second-order valence-electron chi connectivity index (χ2n) is 4.92. The molecular weight excluding hydrogens is 322 g/mol. The van der Waals surface area contributed by atoms with Crippen molar-refractivity contribution in [3.05, 3.63) is 27.2 Å². The van der Waals surface area contributed by atoms with Crippen LogP contribution < -0.4 is 11.3 Å². The maximum atomic E-state index is 5.69. The first-order valence-corrected chi connectivity index (χ1v) is 7.25.